The molecule has 4 heterocycles. The summed E-state index contributed by atoms with van der Waals surface area (Å²) >= 11 is 0. The second-order valence-corrected chi connectivity index (χ2v) is 9.70. The molecule has 0 radical (unpaired) electrons. The molecule has 1 atom stereocenters. The van der Waals surface area contributed by atoms with Crippen LogP contribution in [0.1, 0.15) is 33.6 Å². The number of carbonyl (C=O) groups excluding carboxylic acids is 1. The molecule has 8 heteroatoms. The maximum Gasteiger partial charge on any atom is 0.228 e. The Morgan fingerprint density at radius 3 is 2.00 bits per heavy atom. The number of piperazine rings is 2. The van der Waals surface area contributed by atoms with Crippen molar-refractivity contribution in [1.82, 2.24) is 20.0 Å². The van der Waals surface area contributed by atoms with Crippen LogP contribution in [0.4, 0.5) is 11.6 Å². The molecule has 3 aliphatic heterocycles. The van der Waals surface area contributed by atoms with Crippen LogP contribution in [0.3, 0.4) is 0 Å². The third kappa shape index (κ3) is 5.03. The Morgan fingerprint density at radius 2 is 1.53 bits per heavy atom. The van der Waals surface area contributed by atoms with E-state index in [-0.39, 0.29) is 11.3 Å². The summed E-state index contributed by atoms with van der Waals surface area (Å²) in [7, 11) is 0. The predicted molar refractivity (Wildman–Crippen MR) is 118 cm³/mol. The first-order chi connectivity index (χ1) is 14.4. The van der Waals surface area contributed by atoms with Crippen LogP contribution in [0.5, 0.6) is 0 Å². The smallest absolute Gasteiger partial charge is 0.228 e. The van der Waals surface area contributed by atoms with E-state index in [1.807, 2.05) is 25.7 Å². The molecule has 4 rings (SSSR count). The zero-order valence-electron chi connectivity index (χ0n) is 18.7. The van der Waals surface area contributed by atoms with Crippen molar-refractivity contribution >= 4 is 17.5 Å². The summed E-state index contributed by atoms with van der Waals surface area (Å²) in [4.78, 5) is 21.5. The van der Waals surface area contributed by atoms with Gasteiger partial charge in [-0.1, -0.05) is 20.8 Å². The van der Waals surface area contributed by atoms with E-state index in [1.54, 1.807) is 0 Å². The third-order valence-corrected chi connectivity index (χ3v) is 6.35. The summed E-state index contributed by atoms with van der Waals surface area (Å²) in [6.45, 7) is 15.1. The molecular formula is C22H36N6O2. The Labute approximate surface area is 180 Å². The number of nitrogens with zero attached hydrogens (tertiary/aromatic N) is 6. The monoisotopic (exact) mass is 416 g/mol. The number of rotatable bonds is 4. The van der Waals surface area contributed by atoms with Crippen LogP contribution in [0, 0.1) is 5.41 Å². The first-order valence-electron chi connectivity index (χ1n) is 11.4. The van der Waals surface area contributed by atoms with Crippen molar-refractivity contribution in [3.05, 3.63) is 12.1 Å². The molecule has 166 valence electrons. The van der Waals surface area contributed by atoms with Crippen LogP contribution in [-0.2, 0) is 9.53 Å². The first kappa shape index (κ1) is 21.3. The Bertz CT molecular complexity index is 697. The second-order valence-electron chi connectivity index (χ2n) is 9.70. The zero-order valence-corrected chi connectivity index (χ0v) is 18.7. The van der Waals surface area contributed by atoms with Gasteiger partial charge in [-0.05, 0) is 25.0 Å². The highest BCUT2D eigenvalue weighted by Gasteiger charge is 2.30. The molecule has 3 fully saturated rings. The Kier molecular flexibility index (Phi) is 6.43. The van der Waals surface area contributed by atoms with E-state index in [0.29, 0.717) is 6.10 Å². The number of hydrogen-bond donors (Lipinski definition) is 0. The topological polar surface area (TPSA) is 65.0 Å². The number of hydrogen-bond acceptors (Lipinski definition) is 7. The molecule has 0 aromatic carbocycles. The lowest BCUT2D eigenvalue weighted by molar-refractivity contribution is -0.139. The lowest BCUT2D eigenvalue weighted by atomic mass is 9.94. The fourth-order valence-corrected chi connectivity index (χ4v) is 4.50. The standard InChI is InChI=1S/C22H36N6O2/c1-22(2,3)21(29)28-14-12-27(13-15-28)20-7-6-19(23-24-20)26-10-8-25(9-11-26)17-18-5-4-16-30-18/h6-7,18H,4-5,8-17H2,1-3H3. The molecule has 1 unspecified atom stereocenters. The lowest BCUT2D eigenvalue weighted by Gasteiger charge is -2.38. The van der Waals surface area contributed by atoms with Gasteiger partial charge in [-0.15, -0.1) is 10.2 Å². The normalized spacial score (nSPS) is 23.8. The van der Waals surface area contributed by atoms with Crippen molar-refractivity contribution in [3.8, 4) is 0 Å². The quantitative estimate of drug-likeness (QED) is 0.736. The molecule has 0 bridgehead atoms. The van der Waals surface area contributed by atoms with Crippen molar-refractivity contribution in [1.29, 1.82) is 0 Å². The predicted octanol–water partition coefficient (Wildman–Crippen LogP) is 1.47. The Hall–Kier alpha value is -1.93. The summed E-state index contributed by atoms with van der Waals surface area (Å²) < 4.78 is 5.77. The summed E-state index contributed by atoms with van der Waals surface area (Å²) in [5, 5.41) is 9.01. The largest absolute Gasteiger partial charge is 0.377 e. The van der Waals surface area contributed by atoms with Gasteiger partial charge in [-0.25, -0.2) is 0 Å². The number of anilines is 2. The highest BCUT2D eigenvalue weighted by atomic mass is 16.5. The molecule has 3 saturated heterocycles. The van der Waals surface area contributed by atoms with Crippen molar-refractivity contribution in [2.75, 3.05) is 75.3 Å². The van der Waals surface area contributed by atoms with Gasteiger partial charge in [-0.2, -0.15) is 0 Å². The third-order valence-electron chi connectivity index (χ3n) is 6.35. The van der Waals surface area contributed by atoms with Crippen molar-refractivity contribution in [3.63, 3.8) is 0 Å². The number of aromatic nitrogens is 2. The van der Waals surface area contributed by atoms with Gasteiger partial charge < -0.3 is 19.4 Å². The van der Waals surface area contributed by atoms with Crippen LogP contribution >= 0.6 is 0 Å². The summed E-state index contributed by atoms with van der Waals surface area (Å²) in [5.41, 5.74) is -0.322. The summed E-state index contributed by atoms with van der Waals surface area (Å²) in [5.74, 6) is 2.08. The first-order valence-corrected chi connectivity index (χ1v) is 11.4. The van der Waals surface area contributed by atoms with E-state index >= 15 is 0 Å². The average molecular weight is 417 g/mol. The fourth-order valence-electron chi connectivity index (χ4n) is 4.50. The number of carbonyl (C=O) groups is 1. The van der Waals surface area contributed by atoms with E-state index in [0.717, 1.165) is 77.1 Å². The molecule has 1 amide bonds. The average Bonchev–Trinajstić information content (AvgIpc) is 3.26. The molecule has 1 aromatic heterocycles. The van der Waals surface area contributed by atoms with Gasteiger partial charge in [0, 0.05) is 70.9 Å². The molecular weight excluding hydrogens is 380 g/mol. The minimum atomic E-state index is -0.322. The van der Waals surface area contributed by atoms with Crippen LogP contribution in [-0.4, -0.2) is 97.5 Å². The van der Waals surface area contributed by atoms with E-state index in [4.69, 9.17) is 4.74 Å². The van der Waals surface area contributed by atoms with Crippen LogP contribution in [0.2, 0.25) is 0 Å². The SMILES string of the molecule is CC(C)(C)C(=O)N1CCN(c2ccc(N3CCN(CC4CCCO4)CC3)nn2)CC1. The second kappa shape index (κ2) is 9.06. The summed E-state index contributed by atoms with van der Waals surface area (Å²) in [6, 6.07) is 4.16. The molecule has 1 aromatic rings. The minimum absolute atomic E-state index is 0.224. The van der Waals surface area contributed by atoms with Gasteiger partial charge >= 0.3 is 0 Å². The highest BCUT2D eigenvalue weighted by Crippen LogP contribution is 2.22. The van der Waals surface area contributed by atoms with Crippen molar-refractivity contribution in [2.24, 2.45) is 5.41 Å². The van der Waals surface area contributed by atoms with Crippen molar-refractivity contribution < 1.29 is 9.53 Å². The van der Waals surface area contributed by atoms with Gasteiger partial charge in [0.05, 0.1) is 6.10 Å². The van der Waals surface area contributed by atoms with Crippen molar-refractivity contribution in [2.45, 2.75) is 39.7 Å². The molecule has 0 aliphatic carbocycles. The van der Waals surface area contributed by atoms with Crippen LogP contribution < -0.4 is 9.80 Å². The van der Waals surface area contributed by atoms with Gasteiger partial charge in [0.15, 0.2) is 11.6 Å². The number of ether oxygens (including phenoxy) is 1. The molecule has 8 nitrogen and oxygen atoms in total. The number of amides is 1. The van der Waals surface area contributed by atoms with Gasteiger partial charge in [-0.3, -0.25) is 9.69 Å². The van der Waals surface area contributed by atoms with E-state index in [9.17, 15) is 4.79 Å². The lowest BCUT2D eigenvalue weighted by Crippen LogP contribution is -2.52. The molecule has 0 saturated carbocycles. The zero-order chi connectivity index (χ0) is 21.1. The molecule has 0 N–H and O–H groups in total. The van der Waals surface area contributed by atoms with E-state index in [1.165, 1.54) is 12.8 Å². The van der Waals surface area contributed by atoms with Gasteiger partial charge in [0.25, 0.3) is 0 Å². The van der Waals surface area contributed by atoms with E-state index < -0.39 is 0 Å². The Morgan fingerprint density at radius 1 is 0.967 bits per heavy atom. The van der Waals surface area contributed by atoms with E-state index in [2.05, 4.69) is 37.0 Å². The van der Waals surface area contributed by atoms with Gasteiger partial charge in [0.2, 0.25) is 5.91 Å². The highest BCUT2D eigenvalue weighted by molar-refractivity contribution is 5.81. The maximum absolute atomic E-state index is 12.5. The maximum atomic E-state index is 12.5. The summed E-state index contributed by atoms with van der Waals surface area (Å²) in [6.07, 6.45) is 2.83. The molecule has 30 heavy (non-hydrogen) atoms. The Balaban J connectivity index is 1.25. The van der Waals surface area contributed by atoms with Crippen LogP contribution in [0.25, 0.3) is 0 Å². The fraction of sp³-hybridized carbons (Fsp3) is 0.773. The minimum Gasteiger partial charge on any atom is -0.377 e. The molecule has 0 spiro atoms. The molecule has 3 aliphatic rings. The van der Waals surface area contributed by atoms with Gasteiger partial charge in [0.1, 0.15) is 0 Å². The van der Waals surface area contributed by atoms with Crippen LogP contribution in [0.15, 0.2) is 12.1 Å².